The minimum absolute atomic E-state index is 0.0444. The van der Waals surface area contributed by atoms with Crippen LogP contribution in [0.1, 0.15) is 31.4 Å². The maximum absolute atomic E-state index is 10.3. The molecule has 0 heterocycles. The Labute approximate surface area is 119 Å². The van der Waals surface area contributed by atoms with Gasteiger partial charge in [-0.2, -0.15) is 0 Å². The lowest BCUT2D eigenvalue weighted by atomic mass is 9.88. The average molecular weight is 271 g/mol. The van der Waals surface area contributed by atoms with Crippen LogP contribution in [0, 0.1) is 5.92 Å². The summed E-state index contributed by atoms with van der Waals surface area (Å²) in [6, 6.07) is 9.52. The summed E-state index contributed by atoms with van der Waals surface area (Å²) in [5.41, 5.74) is 7.98. The predicted octanol–water partition coefficient (Wildman–Crippen LogP) is 3.93. The van der Waals surface area contributed by atoms with E-state index >= 15 is 0 Å². The maximum atomic E-state index is 10.3. The molecule has 3 nitrogen and oxygen atoms in total. The van der Waals surface area contributed by atoms with Crippen molar-refractivity contribution in [2.45, 2.75) is 25.8 Å². The molecule has 2 rings (SSSR count). The molecule has 4 N–H and O–H groups in total. The highest BCUT2D eigenvalue weighted by Gasteiger charge is 2.18. The van der Waals surface area contributed by atoms with E-state index in [-0.39, 0.29) is 17.7 Å². The number of benzene rings is 1. The molecule has 0 fully saturated rings. The first-order chi connectivity index (χ1) is 9.61. The molecule has 0 bridgehead atoms. The lowest BCUT2D eigenvalue weighted by Crippen LogP contribution is -2.14. The van der Waals surface area contributed by atoms with Crippen molar-refractivity contribution in [3.05, 3.63) is 71.2 Å². The SMILES string of the molecule is CCC1C=C(O)C=C/C1=C(\O)CC(N)c1ccccc1. The van der Waals surface area contributed by atoms with Crippen LogP contribution in [0.25, 0.3) is 0 Å². The second kappa shape index (κ2) is 6.44. The Morgan fingerprint density at radius 3 is 2.60 bits per heavy atom. The van der Waals surface area contributed by atoms with Crippen molar-refractivity contribution in [3.63, 3.8) is 0 Å². The Morgan fingerprint density at radius 1 is 1.25 bits per heavy atom. The van der Waals surface area contributed by atoms with Crippen LogP contribution in [0.2, 0.25) is 0 Å². The molecule has 0 spiro atoms. The number of nitrogens with two attached hydrogens (primary N) is 1. The van der Waals surface area contributed by atoms with E-state index < -0.39 is 0 Å². The van der Waals surface area contributed by atoms with Gasteiger partial charge in [0.2, 0.25) is 0 Å². The lowest BCUT2D eigenvalue weighted by molar-refractivity contribution is 0.361. The number of hydrogen-bond donors (Lipinski definition) is 3. The fourth-order valence-corrected chi connectivity index (χ4v) is 2.44. The Hall–Kier alpha value is -2.00. The van der Waals surface area contributed by atoms with E-state index in [0.717, 1.165) is 17.6 Å². The highest BCUT2D eigenvalue weighted by Crippen LogP contribution is 2.29. The van der Waals surface area contributed by atoms with Crippen molar-refractivity contribution >= 4 is 0 Å². The van der Waals surface area contributed by atoms with E-state index in [1.807, 2.05) is 37.3 Å². The zero-order chi connectivity index (χ0) is 14.5. The van der Waals surface area contributed by atoms with Crippen molar-refractivity contribution in [3.8, 4) is 0 Å². The number of aliphatic hydroxyl groups is 2. The first kappa shape index (κ1) is 14.4. The minimum atomic E-state index is -0.228. The predicted molar refractivity (Wildman–Crippen MR) is 81.3 cm³/mol. The van der Waals surface area contributed by atoms with Crippen molar-refractivity contribution in [2.24, 2.45) is 11.7 Å². The second-order valence-corrected chi connectivity index (χ2v) is 5.06. The minimum Gasteiger partial charge on any atom is -0.512 e. The number of aliphatic hydroxyl groups excluding tert-OH is 2. The first-order valence-corrected chi connectivity index (χ1v) is 6.93. The van der Waals surface area contributed by atoms with Gasteiger partial charge >= 0.3 is 0 Å². The number of rotatable bonds is 4. The molecule has 1 aromatic rings. The normalized spacial score (nSPS) is 22.3. The van der Waals surface area contributed by atoms with Gasteiger partial charge in [-0.3, -0.25) is 0 Å². The van der Waals surface area contributed by atoms with Crippen molar-refractivity contribution in [2.75, 3.05) is 0 Å². The molecule has 1 aliphatic carbocycles. The average Bonchev–Trinajstić information content (AvgIpc) is 2.47. The molecule has 106 valence electrons. The zero-order valence-corrected chi connectivity index (χ0v) is 11.7. The fraction of sp³-hybridized carbons (Fsp3) is 0.294. The summed E-state index contributed by atoms with van der Waals surface area (Å²) >= 11 is 0. The molecule has 3 heteroatoms. The standard InChI is InChI=1S/C17H21NO2/c1-2-12-10-14(19)8-9-15(12)17(20)11-16(18)13-6-4-3-5-7-13/h3-10,12,16,19-20H,2,11,18H2,1H3/b17-15+. The Kier molecular flexibility index (Phi) is 4.64. The van der Waals surface area contributed by atoms with Crippen molar-refractivity contribution in [1.29, 1.82) is 0 Å². The molecule has 0 amide bonds. The summed E-state index contributed by atoms with van der Waals surface area (Å²) in [4.78, 5) is 0. The molecule has 0 radical (unpaired) electrons. The third-order valence-corrected chi connectivity index (χ3v) is 3.62. The smallest absolute Gasteiger partial charge is 0.112 e. The Morgan fingerprint density at radius 2 is 1.95 bits per heavy atom. The molecule has 0 saturated carbocycles. The summed E-state index contributed by atoms with van der Waals surface area (Å²) < 4.78 is 0. The first-order valence-electron chi connectivity index (χ1n) is 6.93. The van der Waals surface area contributed by atoms with Crippen LogP contribution in [0.4, 0.5) is 0 Å². The van der Waals surface area contributed by atoms with Crippen LogP contribution < -0.4 is 5.73 Å². The van der Waals surface area contributed by atoms with E-state index in [4.69, 9.17) is 5.73 Å². The fourth-order valence-electron chi connectivity index (χ4n) is 2.44. The molecule has 20 heavy (non-hydrogen) atoms. The van der Waals surface area contributed by atoms with Crippen LogP contribution in [0.15, 0.2) is 65.7 Å². The van der Waals surface area contributed by atoms with Crippen LogP contribution in [-0.4, -0.2) is 10.2 Å². The molecular weight excluding hydrogens is 250 g/mol. The van der Waals surface area contributed by atoms with E-state index in [0.29, 0.717) is 12.2 Å². The van der Waals surface area contributed by atoms with Gasteiger partial charge in [-0.05, 0) is 29.7 Å². The summed E-state index contributed by atoms with van der Waals surface area (Å²) in [5, 5.41) is 19.8. The Balaban J connectivity index is 2.16. The summed E-state index contributed by atoms with van der Waals surface area (Å²) in [6.45, 7) is 2.03. The van der Waals surface area contributed by atoms with Gasteiger partial charge in [-0.1, -0.05) is 43.3 Å². The number of allylic oxidation sites excluding steroid dienone is 4. The zero-order valence-electron chi connectivity index (χ0n) is 11.7. The van der Waals surface area contributed by atoms with Gasteiger partial charge in [0.1, 0.15) is 5.76 Å². The van der Waals surface area contributed by atoms with Crippen LogP contribution in [0.5, 0.6) is 0 Å². The molecule has 1 aromatic carbocycles. The monoisotopic (exact) mass is 271 g/mol. The van der Waals surface area contributed by atoms with Crippen molar-refractivity contribution in [1.82, 2.24) is 0 Å². The maximum Gasteiger partial charge on any atom is 0.112 e. The molecule has 0 aromatic heterocycles. The van der Waals surface area contributed by atoms with Gasteiger partial charge in [0.15, 0.2) is 0 Å². The molecular formula is C17H21NO2. The molecule has 0 aliphatic heterocycles. The lowest BCUT2D eigenvalue weighted by Gasteiger charge is -2.20. The van der Waals surface area contributed by atoms with E-state index in [1.54, 1.807) is 18.2 Å². The second-order valence-electron chi connectivity index (χ2n) is 5.06. The van der Waals surface area contributed by atoms with Crippen LogP contribution in [0.3, 0.4) is 0 Å². The summed E-state index contributed by atoms with van der Waals surface area (Å²) in [7, 11) is 0. The van der Waals surface area contributed by atoms with E-state index in [9.17, 15) is 10.2 Å². The highest BCUT2D eigenvalue weighted by molar-refractivity contribution is 5.37. The number of hydrogen-bond acceptors (Lipinski definition) is 3. The van der Waals surface area contributed by atoms with Crippen molar-refractivity contribution < 1.29 is 10.2 Å². The molecule has 1 aliphatic rings. The quantitative estimate of drug-likeness (QED) is 0.727. The van der Waals surface area contributed by atoms with Gasteiger partial charge in [0, 0.05) is 18.4 Å². The van der Waals surface area contributed by atoms with E-state index in [2.05, 4.69) is 0 Å². The van der Waals surface area contributed by atoms with Gasteiger partial charge in [-0.25, -0.2) is 0 Å². The van der Waals surface area contributed by atoms with Gasteiger partial charge < -0.3 is 15.9 Å². The van der Waals surface area contributed by atoms with Crippen LogP contribution in [-0.2, 0) is 0 Å². The van der Waals surface area contributed by atoms with Gasteiger partial charge in [0.25, 0.3) is 0 Å². The Bertz CT molecular complexity index is 543. The summed E-state index contributed by atoms with van der Waals surface area (Å²) in [6.07, 6.45) is 6.37. The van der Waals surface area contributed by atoms with Gasteiger partial charge in [-0.15, -0.1) is 0 Å². The van der Waals surface area contributed by atoms with Crippen LogP contribution >= 0.6 is 0 Å². The third kappa shape index (κ3) is 3.31. The van der Waals surface area contributed by atoms with E-state index in [1.165, 1.54) is 0 Å². The third-order valence-electron chi connectivity index (χ3n) is 3.62. The topological polar surface area (TPSA) is 66.5 Å². The summed E-state index contributed by atoms with van der Waals surface area (Å²) in [5.74, 6) is 0.594. The molecule has 0 saturated heterocycles. The van der Waals surface area contributed by atoms with Gasteiger partial charge in [0.05, 0.1) is 5.76 Å². The largest absolute Gasteiger partial charge is 0.512 e. The molecule has 2 atom stereocenters. The molecule has 2 unspecified atom stereocenters. The highest BCUT2D eigenvalue weighted by atomic mass is 16.3.